The minimum atomic E-state index is -0.0586. The molecule has 0 unspecified atom stereocenters. The molecule has 0 spiro atoms. The average molecular weight is 418 g/mol. The molecule has 0 radical (unpaired) electrons. The molecule has 7 heteroatoms. The van der Waals surface area contributed by atoms with Gasteiger partial charge in [-0.1, -0.05) is 47.7 Å². The Morgan fingerprint density at radius 2 is 1.74 bits per heavy atom. The van der Waals surface area contributed by atoms with E-state index in [1.807, 2.05) is 54.3 Å². The van der Waals surface area contributed by atoms with Crippen LogP contribution in [0.2, 0.25) is 0 Å². The Morgan fingerprint density at radius 1 is 1.03 bits per heavy atom. The standard InChI is InChI=1S/C24H27N5O2/c1-19-23(25-26-29(19)21-10-12-22(31-2)13-11-21)24(30)28-17-15-27(16-18-28)14-6-9-20-7-4-3-5-8-20/h3-13H,14-18H2,1-2H3/b9-6+. The van der Waals surface area contributed by atoms with Crippen molar-refractivity contribution in [2.45, 2.75) is 6.92 Å². The van der Waals surface area contributed by atoms with Crippen molar-refractivity contribution in [2.75, 3.05) is 39.8 Å². The molecule has 2 heterocycles. The molecule has 0 N–H and O–H groups in total. The summed E-state index contributed by atoms with van der Waals surface area (Å²) >= 11 is 0. The summed E-state index contributed by atoms with van der Waals surface area (Å²) in [4.78, 5) is 17.2. The highest BCUT2D eigenvalue weighted by Crippen LogP contribution is 2.18. The van der Waals surface area contributed by atoms with E-state index < -0.39 is 0 Å². The van der Waals surface area contributed by atoms with Gasteiger partial charge in [0.15, 0.2) is 5.69 Å². The van der Waals surface area contributed by atoms with Crippen LogP contribution >= 0.6 is 0 Å². The Bertz CT molecular complexity index is 1040. The smallest absolute Gasteiger partial charge is 0.276 e. The van der Waals surface area contributed by atoms with Crippen LogP contribution in [0, 0.1) is 6.92 Å². The summed E-state index contributed by atoms with van der Waals surface area (Å²) in [6.07, 6.45) is 4.32. The normalized spacial score (nSPS) is 14.8. The number of benzene rings is 2. The first-order chi connectivity index (χ1) is 15.2. The summed E-state index contributed by atoms with van der Waals surface area (Å²) < 4.78 is 6.89. The van der Waals surface area contributed by atoms with Crippen molar-refractivity contribution in [2.24, 2.45) is 0 Å². The largest absolute Gasteiger partial charge is 0.497 e. The van der Waals surface area contributed by atoms with E-state index in [0.717, 1.165) is 36.8 Å². The Morgan fingerprint density at radius 3 is 2.42 bits per heavy atom. The molecule has 1 aliphatic heterocycles. The number of aromatic nitrogens is 3. The number of carbonyl (C=O) groups excluding carboxylic acids is 1. The van der Waals surface area contributed by atoms with Gasteiger partial charge in [0, 0.05) is 32.7 Å². The Kier molecular flexibility index (Phi) is 6.43. The molecule has 1 aromatic heterocycles. The fraction of sp³-hybridized carbons (Fsp3) is 0.292. The van der Waals surface area contributed by atoms with Crippen LogP contribution in [0.3, 0.4) is 0 Å². The first-order valence-corrected chi connectivity index (χ1v) is 10.5. The van der Waals surface area contributed by atoms with Gasteiger partial charge >= 0.3 is 0 Å². The number of hydrogen-bond donors (Lipinski definition) is 0. The zero-order valence-electron chi connectivity index (χ0n) is 17.9. The Labute approximate surface area is 182 Å². The van der Waals surface area contributed by atoms with Crippen molar-refractivity contribution in [3.63, 3.8) is 0 Å². The molecule has 7 nitrogen and oxygen atoms in total. The number of amides is 1. The molecule has 0 aliphatic carbocycles. The van der Waals surface area contributed by atoms with E-state index in [1.165, 1.54) is 5.56 Å². The molecule has 2 aromatic carbocycles. The van der Waals surface area contributed by atoms with Gasteiger partial charge < -0.3 is 9.64 Å². The topological polar surface area (TPSA) is 63.5 Å². The zero-order chi connectivity index (χ0) is 21.6. The third-order valence-corrected chi connectivity index (χ3v) is 5.55. The van der Waals surface area contributed by atoms with E-state index in [-0.39, 0.29) is 5.91 Å². The highest BCUT2D eigenvalue weighted by Gasteiger charge is 2.26. The molecule has 0 saturated carbocycles. The number of piperazine rings is 1. The van der Waals surface area contributed by atoms with Gasteiger partial charge in [0.2, 0.25) is 0 Å². The van der Waals surface area contributed by atoms with E-state index in [0.29, 0.717) is 18.8 Å². The van der Waals surface area contributed by atoms with Crippen LogP contribution in [-0.4, -0.2) is 70.5 Å². The number of carbonyl (C=O) groups is 1. The molecule has 31 heavy (non-hydrogen) atoms. The summed E-state index contributed by atoms with van der Waals surface area (Å²) in [5.41, 5.74) is 3.20. The van der Waals surface area contributed by atoms with Gasteiger partial charge in [-0.15, -0.1) is 5.10 Å². The van der Waals surface area contributed by atoms with Crippen LogP contribution < -0.4 is 4.74 Å². The highest BCUT2D eigenvalue weighted by atomic mass is 16.5. The predicted molar refractivity (Wildman–Crippen MR) is 120 cm³/mol. The lowest BCUT2D eigenvalue weighted by Crippen LogP contribution is -2.48. The molecule has 160 valence electrons. The molecule has 1 amide bonds. The predicted octanol–water partition coefficient (Wildman–Crippen LogP) is 3.06. The van der Waals surface area contributed by atoms with Crippen molar-refractivity contribution in [3.05, 3.63) is 77.6 Å². The van der Waals surface area contributed by atoms with Gasteiger partial charge in [0.05, 0.1) is 18.5 Å². The summed E-state index contributed by atoms with van der Waals surface area (Å²) in [6.45, 7) is 5.82. The first kappa shape index (κ1) is 20.8. The minimum absolute atomic E-state index is 0.0586. The van der Waals surface area contributed by atoms with Crippen molar-refractivity contribution in [3.8, 4) is 11.4 Å². The monoisotopic (exact) mass is 417 g/mol. The van der Waals surface area contributed by atoms with Crippen LogP contribution in [0.5, 0.6) is 5.75 Å². The van der Waals surface area contributed by atoms with Gasteiger partial charge in [-0.3, -0.25) is 9.69 Å². The van der Waals surface area contributed by atoms with E-state index in [9.17, 15) is 4.79 Å². The molecule has 1 saturated heterocycles. The number of methoxy groups -OCH3 is 1. The molecule has 1 fully saturated rings. The number of rotatable bonds is 6. The molecule has 0 bridgehead atoms. The molecule has 1 aliphatic rings. The van der Waals surface area contributed by atoms with Gasteiger partial charge in [-0.25, -0.2) is 4.68 Å². The molecule has 0 atom stereocenters. The van der Waals surface area contributed by atoms with Gasteiger partial charge in [-0.2, -0.15) is 0 Å². The lowest BCUT2D eigenvalue weighted by Gasteiger charge is -2.33. The SMILES string of the molecule is COc1ccc(-n2nnc(C(=O)N3CCN(C/C=C/c4ccccc4)CC3)c2C)cc1. The van der Waals surface area contributed by atoms with Crippen molar-refractivity contribution in [1.82, 2.24) is 24.8 Å². The van der Waals surface area contributed by atoms with Gasteiger partial charge in [0.1, 0.15) is 5.75 Å². The lowest BCUT2D eigenvalue weighted by molar-refractivity contribution is 0.0643. The fourth-order valence-corrected chi connectivity index (χ4v) is 3.68. The third kappa shape index (κ3) is 4.83. The zero-order valence-corrected chi connectivity index (χ0v) is 17.9. The van der Waals surface area contributed by atoms with Gasteiger partial charge in [-0.05, 0) is 36.8 Å². The van der Waals surface area contributed by atoms with Crippen LogP contribution in [0.25, 0.3) is 11.8 Å². The fourth-order valence-electron chi connectivity index (χ4n) is 3.68. The highest BCUT2D eigenvalue weighted by molar-refractivity contribution is 5.93. The van der Waals surface area contributed by atoms with Crippen LogP contribution in [0.4, 0.5) is 0 Å². The maximum Gasteiger partial charge on any atom is 0.276 e. The second-order valence-electron chi connectivity index (χ2n) is 7.54. The van der Waals surface area contributed by atoms with Crippen molar-refractivity contribution < 1.29 is 9.53 Å². The maximum absolute atomic E-state index is 13.0. The second kappa shape index (κ2) is 9.57. The van der Waals surface area contributed by atoms with E-state index in [4.69, 9.17) is 4.74 Å². The van der Waals surface area contributed by atoms with Crippen LogP contribution in [-0.2, 0) is 0 Å². The summed E-state index contributed by atoms with van der Waals surface area (Å²) in [5, 5.41) is 8.38. The number of nitrogens with zero attached hydrogens (tertiary/aromatic N) is 5. The summed E-state index contributed by atoms with van der Waals surface area (Å²) in [7, 11) is 1.63. The lowest BCUT2D eigenvalue weighted by atomic mass is 10.2. The number of hydrogen-bond acceptors (Lipinski definition) is 5. The van der Waals surface area contributed by atoms with Crippen LogP contribution in [0.15, 0.2) is 60.7 Å². The Balaban J connectivity index is 1.34. The van der Waals surface area contributed by atoms with E-state index in [1.54, 1.807) is 11.8 Å². The van der Waals surface area contributed by atoms with Crippen molar-refractivity contribution in [1.29, 1.82) is 0 Å². The number of ether oxygens (including phenoxy) is 1. The summed E-state index contributed by atoms with van der Waals surface area (Å²) in [5.74, 6) is 0.714. The molecule has 4 rings (SSSR count). The van der Waals surface area contributed by atoms with Crippen LogP contribution in [0.1, 0.15) is 21.7 Å². The summed E-state index contributed by atoms with van der Waals surface area (Å²) in [6, 6.07) is 17.8. The van der Waals surface area contributed by atoms with Gasteiger partial charge in [0.25, 0.3) is 5.91 Å². The molecular weight excluding hydrogens is 390 g/mol. The molecular formula is C24H27N5O2. The maximum atomic E-state index is 13.0. The Hall–Kier alpha value is -3.45. The van der Waals surface area contributed by atoms with Crippen molar-refractivity contribution >= 4 is 12.0 Å². The average Bonchev–Trinajstić information content (AvgIpc) is 3.21. The quantitative estimate of drug-likeness (QED) is 0.617. The van der Waals surface area contributed by atoms with E-state index >= 15 is 0 Å². The third-order valence-electron chi connectivity index (χ3n) is 5.55. The second-order valence-corrected chi connectivity index (χ2v) is 7.54. The molecule has 3 aromatic rings. The first-order valence-electron chi connectivity index (χ1n) is 10.5. The van der Waals surface area contributed by atoms with E-state index in [2.05, 4.69) is 39.5 Å². The minimum Gasteiger partial charge on any atom is -0.497 e.